The number of amides is 2. The molecule has 0 heterocycles. The SMILES string of the molecule is CC[C@H](C)NC(=O)[C@H](Cc1ccccc1)N(Cc1cccc(Cl)c1)C(=O)COc1ccc(F)cc1. The normalized spacial score (nSPS) is 12.5. The van der Waals surface area contributed by atoms with E-state index < -0.39 is 11.9 Å². The molecule has 0 aliphatic heterocycles. The Morgan fingerprint density at radius 2 is 1.69 bits per heavy atom. The van der Waals surface area contributed by atoms with Crippen LogP contribution in [-0.2, 0) is 22.6 Å². The van der Waals surface area contributed by atoms with Crippen LogP contribution in [-0.4, -0.2) is 35.4 Å². The second kappa shape index (κ2) is 12.9. The zero-order valence-electron chi connectivity index (χ0n) is 19.9. The van der Waals surface area contributed by atoms with Crippen molar-refractivity contribution in [3.63, 3.8) is 0 Å². The second-order valence-corrected chi connectivity index (χ2v) is 8.85. The fraction of sp³-hybridized carbons (Fsp3) is 0.286. The highest BCUT2D eigenvalue weighted by molar-refractivity contribution is 6.30. The van der Waals surface area contributed by atoms with Crippen molar-refractivity contribution in [2.45, 2.75) is 45.3 Å². The molecule has 2 atom stereocenters. The van der Waals surface area contributed by atoms with Gasteiger partial charge in [-0.15, -0.1) is 0 Å². The number of hydrogen-bond acceptors (Lipinski definition) is 3. The van der Waals surface area contributed by atoms with Crippen molar-refractivity contribution < 1.29 is 18.7 Å². The topological polar surface area (TPSA) is 58.6 Å². The van der Waals surface area contributed by atoms with Crippen LogP contribution in [0, 0.1) is 5.82 Å². The Labute approximate surface area is 210 Å². The minimum atomic E-state index is -0.769. The third-order valence-electron chi connectivity index (χ3n) is 5.69. The molecule has 3 aromatic rings. The van der Waals surface area contributed by atoms with Crippen LogP contribution in [0.3, 0.4) is 0 Å². The molecule has 3 aromatic carbocycles. The number of rotatable bonds is 11. The Kier molecular flexibility index (Phi) is 9.67. The van der Waals surface area contributed by atoms with Gasteiger partial charge in [0.25, 0.3) is 5.91 Å². The number of ether oxygens (including phenoxy) is 1. The summed E-state index contributed by atoms with van der Waals surface area (Å²) in [6.45, 7) is 3.80. The first-order chi connectivity index (χ1) is 16.9. The van der Waals surface area contributed by atoms with Gasteiger partial charge >= 0.3 is 0 Å². The summed E-state index contributed by atoms with van der Waals surface area (Å²) in [5.74, 6) is -0.628. The molecule has 0 spiro atoms. The number of carbonyl (C=O) groups is 2. The molecular formula is C28H30ClFN2O3. The average molecular weight is 497 g/mol. The molecule has 0 unspecified atom stereocenters. The maximum Gasteiger partial charge on any atom is 0.261 e. The Balaban J connectivity index is 1.90. The van der Waals surface area contributed by atoms with Crippen LogP contribution in [0.5, 0.6) is 5.75 Å². The molecule has 184 valence electrons. The van der Waals surface area contributed by atoms with E-state index in [9.17, 15) is 14.0 Å². The van der Waals surface area contributed by atoms with Gasteiger partial charge in [-0.3, -0.25) is 9.59 Å². The number of halogens is 2. The van der Waals surface area contributed by atoms with Crippen LogP contribution in [0.25, 0.3) is 0 Å². The van der Waals surface area contributed by atoms with Crippen LogP contribution in [0.1, 0.15) is 31.4 Å². The highest BCUT2D eigenvalue weighted by Crippen LogP contribution is 2.19. The molecule has 5 nitrogen and oxygen atoms in total. The summed E-state index contributed by atoms with van der Waals surface area (Å²) >= 11 is 6.18. The molecule has 0 aliphatic rings. The van der Waals surface area contributed by atoms with Crippen molar-refractivity contribution in [3.05, 3.63) is 101 Å². The Morgan fingerprint density at radius 3 is 2.34 bits per heavy atom. The molecule has 0 saturated heterocycles. The fourth-order valence-electron chi connectivity index (χ4n) is 3.59. The highest BCUT2D eigenvalue weighted by atomic mass is 35.5. The van der Waals surface area contributed by atoms with Crippen LogP contribution < -0.4 is 10.1 Å². The van der Waals surface area contributed by atoms with E-state index >= 15 is 0 Å². The van der Waals surface area contributed by atoms with Gasteiger partial charge in [0.2, 0.25) is 5.91 Å². The van der Waals surface area contributed by atoms with Crippen LogP contribution in [0.15, 0.2) is 78.9 Å². The summed E-state index contributed by atoms with van der Waals surface area (Å²) in [6.07, 6.45) is 1.10. The summed E-state index contributed by atoms with van der Waals surface area (Å²) in [4.78, 5) is 28.4. The first-order valence-corrected chi connectivity index (χ1v) is 12.0. The van der Waals surface area contributed by atoms with Gasteiger partial charge in [-0.2, -0.15) is 0 Å². The van der Waals surface area contributed by atoms with E-state index in [0.717, 1.165) is 17.5 Å². The molecule has 35 heavy (non-hydrogen) atoms. The summed E-state index contributed by atoms with van der Waals surface area (Å²) in [6, 6.07) is 21.4. The lowest BCUT2D eigenvalue weighted by Crippen LogP contribution is -2.53. The first kappa shape index (κ1) is 26.2. The lowest BCUT2D eigenvalue weighted by Gasteiger charge is -2.32. The molecule has 3 rings (SSSR count). The van der Waals surface area contributed by atoms with E-state index in [2.05, 4.69) is 5.32 Å². The van der Waals surface area contributed by atoms with Crippen LogP contribution in [0.2, 0.25) is 5.02 Å². The first-order valence-electron chi connectivity index (χ1n) is 11.6. The van der Waals surface area contributed by atoms with Crippen molar-refractivity contribution in [2.75, 3.05) is 6.61 Å². The number of hydrogen-bond donors (Lipinski definition) is 1. The zero-order valence-corrected chi connectivity index (χ0v) is 20.7. The summed E-state index contributed by atoms with van der Waals surface area (Å²) in [5, 5.41) is 3.56. The third-order valence-corrected chi connectivity index (χ3v) is 5.93. The molecule has 0 radical (unpaired) electrons. The number of carbonyl (C=O) groups excluding carboxylic acids is 2. The Hall–Kier alpha value is -3.38. The quantitative estimate of drug-likeness (QED) is 0.386. The van der Waals surface area contributed by atoms with Gasteiger partial charge < -0.3 is 15.0 Å². The highest BCUT2D eigenvalue weighted by Gasteiger charge is 2.31. The predicted octanol–water partition coefficient (Wildman–Crippen LogP) is 5.41. The molecule has 0 aromatic heterocycles. The van der Waals surface area contributed by atoms with Crippen molar-refractivity contribution in [3.8, 4) is 5.75 Å². The Morgan fingerprint density at radius 1 is 1.00 bits per heavy atom. The van der Waals surface area contributed by atoms with Crippen molar-refractivity contribution in [1.29, 1.82) is 0 Å². The monoisotopic (exact) mass is 496 g/mol. The van der Waals surface area contributed by atoms with Crippen LogP contribution in [0.4, 0.5) is 4.39 Å². The molecule has 0 fully saturated rings. The number of nitrogens with one attached hydrogen (secondary N) is 1. The summed E-state index contributed by atoms with van der Waals surface area (Å²) in [5.41, 5.74) is 1.72. The molecule has 0 bridgehead atoms. The largest absolute Gasteiger partial charge is 0.484 e. The molecule has 0 aliphatic carbocycles. The number of benzene rings is 3. The number of nitrogens with zero attached hydrogens (tertiary/aromatic N) is 1. The summed E-state index contributed by atoms with van der Waals surface area (Å²) in [7, 11) is 0. The van der Waals surface area contributed by atoms with E-state index in [1.54, 1.807) is 18.2 Å². The summed E-state index contributed by atoms with van der Waals surface area (Å²) < 4.78 is 18.9. The predicted molar refractivity (Wildman–Crippen MR) is 136 cm³/mol. The van der Waals surface area contributed by atoms with E-state index in [1.165, 1.54) is 29.2 Å². The van der Waals surface area contributed by atoms with Gasteiger partial charge in [0.05, 0.1) is 0 Å². The van der Waals surface area contributed by atoms with E-state index in [1.807, 2.05) is 50.2 Å². The van der Waals surface area contributed by atoms with Gasteiger partial charge in [-0.05, 0) is 60.9 Å². The third kappa shape index (κ3) is 8.11. The van der Waals surface area contributed by atoms with Gasteiger partial charge in [-0.25, -0.2) is 4.39 Å². The minimum Gasteiger partial charge on any atom is -0.484 e. The maximum atomic E-state index is 13.5. The zero-order chi connectivity index (χ0) is 25.2. The van der Waals surface area contributed by atoms with Gasteiger partial charge in [0, 0.05) is 24.0 Å². The smallest absolute Gasteiger partial charge is 0.261 e. The molecule has 0 saturated carbocycles. The molecule has 2 amide bonds. The lowest BCUT2D eigenvalue weighted by molar-refractivity contribution is -0.143. The van der Waals surface area contributed by atoms with Gasteiger partial charge in [0.1, 0.15) is 17.6 Å². The average Bonchev–Trinajstić information content (AvgIpc) is 2.86. The molecule has 7 heteroatoms. The Bertz CT molecular complexity index is 1110. The van der Waals surface area contributed by atoms with Crippen LogP contribution >= 0.6 is 11.6 Å². The second-order valence-electron chi connectivity index (χ2n) is 8.42. The van der Waals surface area contributed by atoms with Gasteiger partial charge in [-0.1, -0.05) is 61.0 Å². The lowest BCUT2D eigenvalue weighted by atomic mass is 10.0. The van der Waals surface area contributed by atoms with E-state index in [0.29, 0.717) is 17.2 Å². The fourth-order valence-corrected chi connectivity index (χ4v) is 3.80. The van der Waals surface area contributed by atoms with E-state index in [4.69, 9.17) is 16.3 Å². The minimum absolute atomic E-state index is 0.0423. The van der Waals surface area contributed by atoms with Crippen molar-refractivity contribution in [1.82, 2.24) is 10.2 Å². The van der Waals surface area contributed by atoms with Crippen molar-refractivity contribution >= 4 is 23.4 Å². The van der Waals surface area contributed by atoms with Gasteiger partial charge in [0.15, 0.2) is 6.61 Å². The van der Waals surface area contributed by atoms with Crippen molar-refractivity contribution in [2.24, 2.45) is 0 Å². The maximum absolute atomic E-state index is 13.5. The molecular weight excluding hydrogens is 467 g/mol. The van der Waals surface area contributed by atoms with E-state index in [-0.39, 0.29) is 31.0 Å². The standard InChI is InChI=1S/C28H30ClFN2O3/c1-3-20(2)31-28(34)26(17-21-8-5-4-6-9-21)32(18-22-10-7-11-23(29)16-22)27(33)19-35-25-14-12-24(30)13-15-25/h4-16,20,26H,3,17-19H2,1-2H3,(H,31,34)/t20-,26-/m0/s1. The molecule has 1 N–H and O–H groups in total.